The lowest BCUT2D eigenvalue weighted by Crippen LogP contribution is -2.27. The number of ether oxygens (including phenoxy) is 2. The van der Waals surface area contributed by atoms with Gasteiger partial charge in [0.25, 0.3) is 0 Å². The molecule has 0 bridgehead atoms. The Kier molecular flexibility index (Phi) is 6.29. The maximum Gasteiger partial charge on any atom is 0.137 e. The van der Waals surface area contributed by atoms with Gasteiger partial charge in [0.15, 0.2) is 0 Å². The molecule has 4 nitrogen and oxygen atoms in total. The summed E-state index contributed by atoms with van der Waals surface area (Å²) in [5.74, 6) is 0.629. The molecule has 0 fully saturated rings. The molecule has 0 spiro atoms. The molecule has 1 atom stereocenters. The van der Waals surface area contributed by atoms with E-state index in [9.17, 15) is 5.11 Å². The molecular weight excluding hydrogens is 242 g/mol. The van der Waals surface area contributed by atoms with Crippen molar-refractivity contribution in [1.82, 2.24) is 5.32 Å². The maximum atomic E-state index is 9.32. The molecule has 0 aromatic heterocycles. The summed E-state index contributed by atoms with van der Waals surface area (Å²) in [6.45, 7) is 1.28. The third-order valence-electron chi connectivity index (χ3n) is 2.46. The Balaban J connectivity index is 2.71. The van der Waals surface area contributed by atoms with Gasteiger partial charge in [0.1, 0.15) is 5.75 Å². The predicted octanol–water partition coefficient (Wildman–Crippen LogP) is 1.62. The Morgan fingerprint density at radius 2 is 2.18 bits per heavy atom. The first kappa shape index (κ1) is 14.3. The van der Waals surface area contributed by atoms with E-state index in [4.69, 9.17) is 21.1 Å². The number of nitrogens with one attached hydrogen (secondary N) is 1. The molecule has 1 rings (SSSR count). The maximum absolute atomic E-state index is 9.32. The first-order valence-corrected chi connectivity index (χ1v) is 5.77. The zero-order valence-corrected chi connectivity index (χ0v) is 10.8. The van der Waals surface area contributed by atoms with Gasteiger partial charge in [0.2, 0.25) is 0 Å². The van der Waals surface area contributed by atoms with Gasteiger partial charge < -0.3 is 19.9 Å². The Hall–Kier alpha value is -0.810. The standard InChI is InChI=1S/C12H18ClNO3/c1-16-6-5-14-11(8-15)9-3-4-12(17-2)10(13)7-9/h3-4,7,11,14-15H,5-6,8H2,1-2H3. The second kappa shape index (κ2) is 7.50. The fraction of sp³-hybridized carbons (Fsp3) is 0.500. The summed E-state index contributed by atoms with van der Waals surface area (Å²) in [6.07, 6.45) is 0. The molecule has 2 N–H and O–H groups in total. The molecule has 1 unspecified atom stereocenters. The van der Waals surface area contributed by atoms with E-state index in [1.807, 2.05) is 6.07 Å². The number of halogens is 1. The van der Waals surface area contributed by atoms with Crippen molar-refractivity contribution >= 4 is 11.6 Å². The zero-order chi connectivity index (χ0) is 12.7. The molecule has 0 heterocycles. The Morgan fingerprint density at radius 1 is 1.41 bits per heavy atom. The molecule has 0 saturated carbocycles. The first-order chi connectivity index (χ1) is 8.22. The number of hydrogen-bond donors (Lipinski definition) is 2. The average Bonchev–Trinajstić information content (AvgIpc) is 2.35. The minimum Gasteiger partial charge on any atom is -0.495 e. The second-order valence-electron chi connectivity index (χ2n) is 3.58. The van der Waals surface area contributed by atoms with Crippen molar-refractivity contribution in [3.63, 3.8) is 0 Å². The number of hydrogen-bond acceptors (Lipinski definition) is 4. The van der Waals surface area contributed by atoms with Crippen LogP contribution < -0.4 is 10.1 Å². The van der Waals surface area contributed by atoms with Gasteiger partial charge in [-0.3, -0.25) is 0 Å². The Labute approximate surface area is 106 Å². The summed E-state index contributed by atoms with van der Waals surface area (Å²) in [5.41, 5.74) is 0.925. The molecule has 0 radical (unpaired) electrons. The number of aliphatic hydroxyl groups excluding tert-OH is 1. The van der Waals surface area contributed by atoms with Crippen LogP contribution in [0.15, 0.2) is 18.2 Å². The number of benzene rings is 1. The van der Waals surface area contributed by atoms with E-state index in [-0.39, 0.29) is 12.6 Å². The van der Waals surface area contributed by atoms with Crippen LogP contribution in [0.4, 0.5) is 0 Å². The van der Waals surface area contributed by atoms with Crippen LogP contribution in [0.3, 0.4) is 0 Å². The summed E-state index contributed by atoms with van der Waals surface area (Å²) in [4.78, 5) is 0. The predicted molar refractivity (Wildman–Crippen MR) is 67.7 cm³/mol. The van der Waals surface area contributed by atoms with Crippen molar-refractivity contribution < 1.29 is 14.6 Å². The van der Waals surface area contributed by atoms with Crippen molar-refractivity contribution in [3.05, 3.63) is 28.8 Å². The fourth-order valence-corrected chi connectivity index (χ4v) is 1.79. The van der Waals surface area contributed by atoms with Crippen molar-refractivity contribution in [3.8, 4) is 5.75 Å². The summed E-state index contributed by atoms with van der Waals surface area (Å²) in [6, 6.07) is 5.32. The quantitative estimate of drug-likeness (QED) is 0.731. The van der Waals surface area contributed by atoms with E-state index in [2.05, 4.69) is 5.32 Å². The van der Waals surface area contributed by atoms with Gasteiger partial charge in [-0.1, -0.05) is 17.7 Å². The third kappa shape index (κ3) is 4.16. The molecule has 0 aliphatic heterocycles. The minimum absolute atomic E-state index is 0.00632. The molecule has 1 aromatic rings. The molecule has 5 heteroatoms. The Morgan fingerprint density at radius 3 is 2.71 bits per heavy atom. The SMILES string of the molecule is COCCNC(CO)c1ccc(OC)c(Cl)c1. The van der Waals surface area contributed by atoms with Crippen molar-refractivity contribution in [2.24, 2.45) is 0 Å². The van der Waals surface area contributed by atoms with Crippen LogP contribution >= 0.6 is 11.6 Å². The average molecular weight is 260 g/mol. The van der Waals surface area contributed by atoms with Gasteiger partial charge in [0, 0.05) is 13.7 Å². The molecular formula is C12H18ClNO3. The lowest BCUT2D eigenvalue weighted by molar-refractivity contribution is 0.184. The van der Waals surface area contributed by atoms with Gasteiger partial charge in [-0.05, 0) is 17.7 Å². The molecule has 0 amide bonds. The van der Waals surface area contributed by atoms with Crippen LogP contribution in [0.2, 0.25) is 5.02 Å². The van der Waals surface area contributed by atoms with E-state index in [0.29, 0.717) is 23.9 Å². The van der Waals surface area contributed by atoms with Crippen molar-refractivity contribution in [1.29, 1.82) is 0 Å². The lowest BCUT2D eigenvalue weighted by atomic mass is 10.1. The third-order valence-corrected chi connectivity index (χ3v) is 2.75. The minimum atomic E-state index is -0.145. The molecule has 17 heavy (non-hydrogen) atoms. The highest BCUT2D eigenvalue weighted by atomic mass is 35.5. The zero-order valence-electron chi connectivity index (χ0n) is 10.1. The fourth-order valence-electron chi connectivity index (χ4n) is 1.52. The molecule has 0 aliphatic rings. The smallest absolute Gasteiger partial charge is 0.137 e. The van der Waals surface area contributed by atoms with Gasteiger partial charge in [-0.15, -0.1) is 0 Å². The summed E-state index contributed by atoms with van der Waals surface area (Å²) in [5, 5.41) is 13.0. The Bertz CT molecular complexity index is 347. The number of aliphatic hydroxyl groups is 1. The van der Waals surface area contributed by atoms with Crippen LogP contribution in [0.25, 0.3) is 0 Å². The molecule has 0 aliphatic carbocycles. The van der Waals surface area contributed by atoms with Crippen molar-refractivity contribution in [2.45, 2.75) is 6.04 Å². The van der Waals surface area contributed by atoms with E-state index in [0.717, 1.165) is 5.56 Å². The highest BCUT2D eigenvalue weighted by Gasteiger charge is 2.11. The van der Waals surface area contributed by atoms with Crippen LogP contribution in [0.1, 0.15) is 11.6 Å². The van der Waals surface area contributed by atoms with Crippen LogP contribution in [-0.4, -0.2) is 39.1 Å². The van der Waals surface area contributed by atoms with E-state index in [1.165, 1.54) is 0 Å². The van der Waals surface area contributed by atoms with Crippen LogP contribution in [0.5, 0.6) is 5.75 Å². The van der Waals surface area contributed by atoms with Crippen molar-refractivity contribution in [2.75, 3.05) is 34.0 Å². The first-order valence-electron chi connectivity index (χ1n) is 5.39. The largest absolute Gasteiger partial charge is 0.495 e. The summed E-state index contributed by atoms with van der Waals surface area (Å²) < 4.78 is 10.0. The topological polar surface area (TPSA) is 50.7 Å². The molecule has 1 aromatic carbocycles. The van der Waals surface area contributed by atoms with Gasteiger partial charge in [0.05, 0.1) is 31.4 Å². The molecule has 0 saturated heterocycles. The van der Waals surface area contributed by atoms with Gasteiger partial charge in [-0.25, -0.2) is 0 Å². The number of methoxy groups -OCH3 is 2. The number of rotatable bonds is 7. The van der Waals surface area contributed by atoms with E-state index >= 15 is 0 Å². The highest BCUT2D eigenvalue weighted by molar-refractivity contribution is 6.32. The summed E-state index contributed by atoms with van der Waals surface area (Å²) >= 11 is 6.03. The lowest BCUT2D eigenvalue weighted by Gasteiger charge is -2.17. The van der Waals surface area contributed by atoms with Crippen LogP contribution in [-0.2, 0) is 4.74 Å². The second-order valence-corrected chi connectivity index (χ2v) is 3.98. The van der Waals surface area contributed by atoms with E-state index < -0.39 is 0 Å². The van der Waals surface area contributed by atoms with Gasteiger partial charge >= 0.3 is 0 Å². The summed E-state index contributed by atoms with van der Waals surface area (Å²) in [7, 11) is 3.21. The van der Waals surface area contributed by atoms with E-state index in [1.54, 1.807) is 26.4 Å². The highest BCUT2D eigenvalue weighted by Crippen LogP contribution is 2.27. The normalized spacial score (nSPS) is 12.5. The molecule has 96 valence electrons. The monoisotopic (exact) mass is 259 g/mol. The van der Waals surface area contributed by atoms with Gasteiger partial charge in [-0.2, -0.15) is 0 Å². The van der Waals surface area contributed by atoms with Crippen LogP contribution in [0, 0.1) is 0 Å².